The molecule has 4 heteroatoms. The maximum atomic E-state index is 5.57. The van der Waals surface area contributed by atoms with E-state index in [1.807, 2.05) is 42.5 Å². The van der Waals surface area contributed by atoms with Crippen molar-refractivity contribution in [3.63, 3.8) is 0 Å². The Kier molecular flexibility index (Phi) is 3.04. The van der Waals surface area contributed by atoms with Gasteiger partial charge < -0.3 is 14.8 Å². The van der Waals surface area contributed by atoms with Crippen LogP contribution in [0.15, 0.2) is 60.7 Å². The van der Waals surface area contributed by atoms with Gasteiger partial charge in [-0.15, -0.1) is 0 Å². The fourth-order valence-electron chi connectivity index (χ4n) is 3.26. The number of rotatable bonds is 2. The number of hydrogen-bond acceptors (Lipinski definition) is 4. The molecule has 1 aliphatic heterocycles. The number of fused-ring (bicyclic) bond motifs is 3. The van der Waals surface area contributed by atoms with E-state index < -0.39 is 0 Å². The zero-order chi connectivity index (χ0) is 16.8. The van der Waals surface area contributed by atoms with Gasteiger partial charge in [-0.05, 0) is 30.7 Å². The van der Waals surface area contributed by atoms with E-state index in [2.05, 4.69) is 30.4 Å². The molecule has 25 heavy (non-hydrogen) atoms. The third-order valence-corrected chi connectivity index (χ3v) is 4.58. The molecule has 0 bridgehead atoms. The lowest BCUT2D eigenvalue weighted by Gasteiger charge is -2.15. The molecule has 3 aromatic carbocycles. The minimum atomic E-state index is 0.256. The molecule has 122 valence electrons. The Labute approximate surface area is 145 Å². The van der Waals surface area contributed by atoms with Gasteiger partial charge in [0.05, 0.1) is 16.7 Å². The number of hydrogen-bond donors (Lipinski definition) is 1. The van der Waals surface area contributed by atoms with Crippen molar-refractivity contribution < 1.29 is 9.47 Å². The van der Waals surface area contributed by atoms with Crippen LogP contribution < -0.4 is 14.8 Å². The second-order valence-electron chi connectivity index (χ2n) is 6.17. The summed E-state index contributed by atoms with van der Waals surface area (Å²) in [5.74, 6) is 1.51. The molecule has 4 nitrogen and oxygen atoms in total. The minimum absolute atomic E-state index is 0.256. The van der Waals surface area contributed by atoms with Crippen LogP contribution in [-0.2, 0) is 0 Å². The summed E-state index contributed by atoms with van der Waals surface area (Å²) in [4.78, 5) is 4.80. The predicted octanol–water partition coefficient (Wildman–Crippen LogP) is 5.17. The molecule has 0 aliphatic carbocycles. The summed E-state index contributed by atoms with van der Waals surface area (Å²) in [5.41, 5.74) is 5.15. The van der Waals surface area contributed by atoms with E-state index in [9.17, 15) is 0 Å². The highest BCUT2D eigenvalue weighted by Gasteiger charge is 2.18. The summed E-state index contributed by atoms with van der Waals surface area (Å²) in [6.45, 7) is 2.36. The Morgan fingerprint density at radius 1 is 0.840 bits per heavy atom. The first-order chi connectivity index (χ1) is 12.3. The SMILES string of the molecule is Cc1ccccc1Nc1c2ccccc2nc2cc3c(cc12)OCO3. The molecule has 0 spiro atoms. The third-order valence-electron chi connectivity index (χ3n) is 4.58. The third kappa shape index (κ3) is 2.26. The quantitative estimate of drug-likeness (QED) is 0.516. The normalized spacial score (nSPS) is 12.7. The van der Waals surface area contributed by atoms with Crippen molar-refractivity contribution in [2.45, 2.75) is 6.92 Å². The summed E-state index contributed by atoms with van der Waals surface area (Å²) in [6, 6.07) is 20.4. The van der Waals surface area contributed by atoms with E-state index in [0.29, 0.717) is 0 Å². The van der Waals surface area contributed by atoms with Crippen LogP contribution in [0.2, 0.25) is 0 Å². The lowest BCUT2D eigenvalue weighted by Crippen LogP contribution is -1.97. The highest BCUT2D eigenvalue weighted by molar-refractivity contribution is 6.09. The van der Waals surface area contributed by atoms with Crippen LogP contribution >= 0.6 is 0 Å². The summed E-state index contributed by atoms with van der Waals surface area (Å²) in [7, 11) is 0. The van der Waals surface area contributed by atoms with Crippen molar-refractivity contribution in [3.05, 3.63) is 66.2 Å². The van der Waals surface area contributed by atoms with Crippen molar-refractivity contribution in [2.75, 3.05) is 12.1 Å². The van der Waals surface area contributed by atoms with Gasteiger partial charge in [0, 0.05) is 22.5 Å². The molecule has 1 N–H and O–H groups in total. The molecule has 0 saturated heterocycles. The molecule has 0 fully saturated rings. The van der Waals surface area contributed by atoms with E-state index in [4.69, 9.17) is 14.5 Å². The van der Waals surface area contributed by atoms with Crippen LogP contribution in [0.25, 0.3) is 21.8 Å². The number of pyridine rings is 1. The molecular weight excluding hydrogens is 312 g/mol. The smallest absolute Gasteiger partial charge is 0.231 e. The second kappa shape index (κ2) is 5.38. The monoisotopic (exact) mass is 328 g/mol. The number of nitrogens with one attached hydrogen (secondary N) is 1. The average Bonchev–Trinajstić information content (AvgIpc) is 3.09. The van der Waals surface area contributed by atoms with Gasteiger partial charge in [-0.25, -0.2) is 4.98 Å². The molecule has 0 unspecified atom stereocenters. The van der Waals surface area contributed by atoms with Crippen LogP contribution in [0.4, 0.5) is 11.4 Å². The van der Waals surface area contributed by atoms with Crippen molar-refractivity contribution in [3.8, 4) is 11.5 Å². The highest BCUT2D eigenvalue weighted by Crippen LogP contribution is 2.41. The number of ether oxygens (including phenoxy) is 2. The average molecular weight is 328 g/mol. The van der Waals surface area contributed by atoms with Gasteiger partial charge in [-0.2, -0.15) is 0 Å². The number of aryl methyl sites for hydroxylation is 1. The lowest BCUT2D eigenvalue weighted by atomic mass is 10.1. The van der Waals surface area contributed by atoms with Gasteiger partial charge >= 0.3 is 0 Å². The molecule has 1 aliphatic rings. The summed E-state index contributed by atoms with van der Waals surface area (Å²) >= 11 is 0. The molecule has 2 heterocycles. The Morgan fingerprint density at radius 2 is 1.60 bits per heavy atom. The first kappa shape index (κ1) is 14.1. The van der Waals surface area contributed by atoms with Gasteiger partial charge in [0.2, 0.25) is 6.79 Å². The van der Waals surface area contributed by atoms with Crippen LogP contribution in [0, 0.1) is 6.92 Å². The van der Waals surface area contributed by atoms with Crippen LogP contribution in [0.5, 0.6) is 11.5 Å². The maximum Gasteiger partial charge on any atom is 0.231 e. The molecule has 0 radical (unpaired) electrons. The standard InChI is InChI=1S/C21H16N2O2/c1-13-6-2-4-8-16(13)23-21-14-7-3-5-9-17(14)22-18-11-20-19(10-15(18)21)24-12-25-20/h2-11H,12H2,1H3,(H,22,23). The van der Waals surface area contributed by atoms with Gasteiger partial charge in [-0.1, -0.05) is 36.4 Å². The topological polar surface area (TPSA) is 43.4 Å². The Hall–Kier alpha value is -3.27. The number of para-hydroxylation sites is 2. The maximum absolute atomic E-state index is 5.57. The molecule has 4 aromatic rings. The Bertz CT molecular complexity index is 1120. The van der Waals surface area contributed by atoms with E-state index in [1.165, 1.54) is 5.56 Å². The van der Waals surface area contributed by atoms with Crippen molar-refractivity contribution in [1.29, 1.82) is 0 Å². The van der Waals surface area contributed by atoms with E-state index in [0.717, 1.165) is 44.7 Å². The summed E-state index contributed by atoms with van der Waals surface area (Å²) < 4.78 is 11.1. The second-order valence-corrected chi connectivity index (χ2v) is 6.17. The van der Waals surface area contributed by atoms with Crippen LogP contribution in [0.1, 0.15) is 5.56 Å². The van der Waals surface area contributed by atoms with E-state index in [-0.39, 0.29) is 6.79 Å². The number of anilines is 2. The van der Waals surface area contributed by atoms with Gasteiger partial charge in [0.15, 0.2) is 11.5 Å². The molecule has 0 atom stereocenters. The largest absolute Gasteiger partial charge is 0.454 e. The fraction of sp³-hybridized carbons (Fsp3) is 0.0952. The molecule has 0 saturated carbocycles. The summed E-state index contributed by atoms with van der Waals surface area (Å²) in [5, 5.41) is 5.71. The Morgan fingerprint density at radius 3 is 2.48 bits per heavy atom. The first-order valence-corrected chi connectivity index (χ1v) is 8.24. The zero-order valence-electron chi connectivity index (χ0n) is 13.7. The van der Waals surface area contributed by atoms with E-state index >= 15 is 0 Å². The summed E-state index contributed by atoms with van der Waals surface area (Å²) in [6.07, 6.45) is 0. The van der Waals surface area contributed by atoms with Crippen molar-refractivity contribution >= 4 is 33.2 Å². The van der Waals surface area contributed by atoms with Crippen LogP contribution in [0.3, 0.4) is 0 Å². The van der Waals surface area contributed by atoms with E-state index in [1.54, 1.807) is 0 Å². The zero-order valence-corrected chi connectivity index (χ0v) is 13.7. The van der Waals surface area contributed by atoms with Gasteiger partial charge in [-0.3, -0.25) is 0 Å². The molecule has 0 amide bonds. The van der Waals surface area contributed by atoms with Gasteiger partial charge in [0.25, 0.3) is 0 Å². The van der Waals surface area contributed by atoms with Crippen molar-refractivity contribution in [1.82, 2.24) is 4.98 Å². The minimum Gasteiger partial charge on any atom is -0.454 e. The predicted molar refractivity (Wildman–Crippen MR) is 99.8 cm³/mol. The van der Waals surface area contributed by atoms with Crippen molar-refractivity contribution in [2.24, 2.45) is 0 Å². The molecular formula is C21H16N2O2. The number of benzene rings is 3. The lowest BCUT2D eigenvalue weighted by molar-refractivity contribution is 0.174. The van der Waals surface area contributed by atoms with Gasteiger partial charge in [0.1, 0.15) is 0 Å². The first-order valence-electron chi connectivity index (χ1n) is 8.24. The fourth-order valence-corrected chi connectivity index (χ4v) is 3.26. The molecule has 1 aromatic heterocycles. The van der Waals surface area contributed by atoms with Crippen LogP contribution in [-0.4, -0.2) is 11.8 Å². The Balaban J connectivity index is 1.82. The number of nitrogens with zero attached hydrogens (tertiary/aromatic N) is 1. The number of aromatic nitrogens is 1. The highest BCUT2D eigenvalue weighted by atomic mass is 16.7. The molecule has 5 rings (SSSR count).